The fourth-order valence-corrected chi connectivity index (χ4v) is 4.22. The van der Waals surface area contributed by atoms with Gasteiger partial charge < -0.3 is 15.5 Å². The minimum atomic E-state index is -1.05. The molecule has 5 nitrogen and oxygen atoms in total. The highest BCUT2D eigenvalue weighted by Crippen LogP contribution is 2.24. The van der Waals surface area contributed by atoms with Gasteiger partial charge in [-0.05, 0) is 24.1 Å². The Morgan fingerprint density at radius 1 is 1.18 bits per heavy atom. The molecule has 0 spiro atoms. The van der Waals surface area contributed by atoms with Crippen LogP contribution in [0.4, 0.5) is 19.3 Å². The van der Waals surface area contributed by atoms with Crippen LogP contribution < -0.4 is 15.5 Å². The molecule has 150 valence electrons. The Balaban J connectivity index is 1.38. The average molecular weight is 407 g/mol. The van der Waals surface area contributed by atoms with E-state index in [-0.39, 0.29) is 12.1 Å². The smallest absolute Gasteiger partial charge is 0.315 e. The quantitative estimate of drug-likeness (QED) is 0.742. The van der Waals surface area contributed by atoms with Crippen LogP contribution in [0.3, 0.4) is 0 Å². The largest absolute Gasteiger partial charge is 0.367 e. The van der Waals surface area contributed by atoms with Crippen molar-refractivity contribution in [3.8, 4) is 0 Å². The standard InChI is InChI=1S/C20H23F2N3O2S/c21-16-6-7-19(18(22)12-16)25-10-8-17(13-25)24-20(26)23-9-11-28(27)14-15-4-2-1-3-5-15/h1-7,12,17H,8-11,13-14H2,(H2,23,24,26). The van der Waals surface area contributed by atoms with E-state index in [1.165, 1.54) is 12.1 Å². The van der Waals surface area contributed by atoms with Crippen molar-refractivity contribution in [2.24, 2.45) is 0 Å². The summed E-state index contributed by atoms with van der Waals surface area (Å²) in [5, 5.41) is 5.56. The van der Waals surface area contributed by atoms with Gasteiger partial charge in [0, 0.05) is 54.0 Å². The number of hydrogen-bond acceptors (Lipinski definition) is 3. The predicted octanol–water partition coefficient (Wildman–Crippen LogP) is 2.79. The van der Waals surface area contributed by atoms with Gasteiger partial charge in [-0.2, -0.15) is 0 Å². The first kappa shape index (κ1) is 20.3. The molecular formula is C20H23F2N3O2S. The van der Waals surface area contributed by atoms with Gasteiger partial charge in [-0.15, -0.1) is 0 Å². The van der Waals surface area contributed by atoms with Crippen LogP contribution in [0.5, 0.6) is 0 Å². The SMILES string of the molecule is O=C(NCCS(=O)Cc1ccccc1)NC1CCN(c2ccc(F)cc2F)C1. The lowest BCUT2D eigenvalue weighted by Gasteiger charge is -2.19. The van der Waals surface area contributed by atoms with E-state index in [0.717, 1.165) is 11.6 Å². The predicted molar refractivity (Wildman–Crippen MR) is 107 cm³/mol. The second kappa shape index (κ2) is 9.64. The molecule has 1 aliphatic rings. The maximum atomic E-state index is 13.9. The molecule has 0 aliphatic carbocycles. The molecule has 1 heterocycles. The number of anilines is 1. The van der Waals surface area contributed by atoms with E-state index in [0.29, 0.717) is 43.2 Å². The number of nitrogens with one attached hydrogen (secondary N) is 2. The Labute approximate surface area is 165 Å². The van der Waals surface area contributed by atoms with Crippen LogP contribution in [0.1, 0.15) is 12.0 Å². The third-order valence-electron chi connectivity index (χ3n) is 4.56. The van der Waals surface area contributed by atoms with Gasteiger partial charge in [0.15, 0.2) is 0 Å². The molecule has 2 amide bonds. The van der Waals surface area contributed by atoms with Gasteiger partial charge >= 0.3 is 6.03 Å². The third-order valence-corrected chi connectivity index (χ3v) is 5.87. The number of carbonyl (C=O) groups is 1. The van der Waals surface area contributed by atoms with Gasteiger partial charge in [-0.3, -0.25) is 4.21 Å². The molecule has 2 atom stereocenters. The summed E-state index contributed by atoms with van der Waals surface area (Å²) in [6.45, 7) is 1.35. The van der Waals surface area contributed by atoms with Crippen molar-refractivity contribution in [1.29, 1.82) is 0 Å². The van der Waals surface area contributed by atoms with Crippen LogP contribution in [0.15, 0.2) is 48.5 Å². The Kier molecular flexibility index (Phi) is 6.97. The lowest BCUT2D eigenvalue weighted by molar-refractivity contribution is 0.238. The Morgan fingerprint density at radius 3 is 2.71 bits per heavy atom. The Bertz CT molecular complexity index is 835. The highest BCUT2D eigenvalue weighted by molar-refractivity contribution is 7.84. The van der Waals surface area contributed by atoms with Crippen molar-refractivity contribution in [1.82, 2.24) is 10.6 Å². The molecule has 0 saturated carbocycles. The fourth-order valence-electron chi connectivity index (χ4n) is 3.18. The van der Waals surface area contributed by atoms with Crippen LogP contribution >= 0.6 is 0 Å². The molecule has 0 bridgehead atoms. The number of benzene rings is 2. The summed E-state index contributed by atoms with van der Waals surface area (Å²) in [6.07, 6.45) is 0.671. The van der Waals surface area contributed by atoms with Crippen molar-refractivity contribution in [2.45, 2.75) is 18.2 Å². The topological polar surface area (TPSA) is 61.4 Å². The van der Waals surface area contributed by atoms with E-state index in [9.17, 15) is 17.8 Å². The van der Waals surface area contributed by atoms with Gasteiger partial charge in [-0.1, -0.05) is 30.3 Å². The first-order valence-corrected chi connectivity index (χ1v) is 10.6. The van der Waals surface area contributed by atoms with E-state index in [1.54, 1.807) is 4.90 Å². The van der Waals surface area contributed by atoms with Crippen molar-refractivity contribution >= 4 is 22.5 Å². The van der Waals surface area contributed by atoms with E-state index >= 15 is 0 Å². The van der Waals surface area contributed by atoms with Gasteiger partial charge in [0.25, 0.3) is 0 Å². The van der Waals surface area contributed by atoms with Crippen molar-refractivity contribution in [2.75, 3.05) is 30.3 Å². The maximum absolute atomic E-state index is 13.9. The van der Waals surface area contributed by atoms with Gasteiger partial charge in [0.1, 0.15) is 11.6 Å². The normalized spacial score (nSPS) is 17.4. The summed E-state index contributed by atoms with van der Waals surface area (Å²) in [6, 6.07) is 12.6. The molecule has 0 aromatic heterocycles. The molecule has 1 aliphatic heterocycles. The molecule has 2 N–H and O–H groups in total. The minimum Gasteiger partial charge on any atom is -0.367 e. The zero-order valence-corrected chi connectivity index (χ0v) is 16.2. The lowest BCUT2D eigenvalue weighted by atomic mass is 10.2. The summed E-state index contributed by atoms with van der Waals surface area (Å²) in [4.78, 5) is 13.8. The number of rotatable bonds is 7. The van der Waals surface area contributed by atoms with Crippen LogP contribution in [-0.2, 0) is 16.6 Å². The van der Waals surface area contributed by atoms with Gasteiger partial charge in [0.2, 0.25) is 0 Å². The van der Waals surface area contributed by atoms with Crippen molar-refractivity contribution in [3.63, 3.8) is 0 Å². The third kappa shape index (κ3) is 5.76. The van der Waals surface area contributed by atoms with E-state index < -0.39 is 22.4 Å². The Hall–Kier alpha value is -2.48. The molecule has 3 rings (SSSR count). The molecule has 28 heavy (non-hydrogen) atoms. The van der Waals surface area contributed by atoms with Crippen LogP contribution in [-0.4, -0.2) is 41.7 Å². The van der Waals surface area contributed by atoms with Crippen molar-refractivity contribution < 1.29 is 17.8 Å². The first-order valence-electron chi connectivity index (χ1n) is 9.14. The number of amides is 2. The maximum Gasteiger partial charge on any atom is 0.315 e. The van der Waals surface area contributed by atoms with Gasteiger partial charge in [-0.25, -0.2) is 13.6 Å². The molecular weight excluding hydrogens is 384 g/mol. The first-order chi connectivity index (χ1) is 13.5. The molecule has 2 aromatic carbocycles. The van der Waals surface area contributed by atoms with E-state index in [2.05, 4.69) is 10.6 Å². The minimum absolute atomic E-state index is 0.126. The van der Waals surface area contributed by atoms with E-state index in [4.69, 9.17) is 0 Å². The summed E-state index contributed by atoms with van der Waals surface area (Å²) >= 11 is 0. The summed E-state index contributed by atoms with van der Waals surface area (Å²) in [5.41, 5.74) is 1.34. The van der Waals surface area contributed by atoms with Crippen molar-refractivity contribution in [3.05, 3.63) is 65.7 Å². The van der Waals surface area contributed by atoms with Crippen LogP contribution in [0, 0.1) is 11.6 Å². The highest BCUT2D eigenvalue weighted by atomic mass is 32.2. The molecule has 1 fully saturated rings. The second-order valence-electron chi connectivity index (χ2n) is 6.70. The lowest BCUT2D eigenvalue weighted by Crippen LogP contribution is -2.44. The molecule has 0 radical (unpaired) electrons. The number of hydrogen-bond donors (Lipinski definition) is 2. The summed E-state index contributed by atoms with van der Waals surface area (Å²) in [5.74, 6) is -0.379. The van der Waals surface area contributed by atoms with Crippen LogP contribution in [0.25, 0.3) is 0 Å². The monoisotopic (exact) mass is 407 g/mol. The Morgan fingerprint density at radius 2 is 1.96 bits per heavy atom. The van der Waals surface area contributed by atoms with Crippen LogP contribution in [0.2, 0.25) is 0 Å². The fraction of sp³-hybridized carbons (Fsp3) is 0.350. The molecule has 2 aromatic rings. The zero-order chi connectivity index (χ0) is 19.9. The summed E-state index contributed by atoms with van der Waals surface area (Å²) in [7, 11) is -1.05. The van der Waals surface area contributed by atoms with E-state index in [1.807, 2.05) is 30.3 Å². The second-order valence-corrected chi connectivity index (χ2v) is 8.28. The average Bonchev–Trinajstić information content (AvgIpc) is 3.10. The summed E-state index contributed by atoms with van der Waals surface area (Å²) < 4.78 is 39.0. The number of urea groups is 1. The number of halogens is 2. The number of carbonyl (C=O) groups excluding carboxylic acids is 1. The highest BCUT2D eigenvalue weighted by Gasteiger charge is 2.25. The zero-order valence-electron chi connectivity index (χ0n) is 15.4. The molecule has 1 saturated heterocycles. The molecule has 2 unspecified atom stereocenters. The van der Waals surface area contributed by atoms with Gasteiger partial charge in [0.05, 0.1) is 5.69 Å². The number of nitrogens with zero attached hydrogens (tertiary/aromatic N) is 1. The molecule has 8 heteroatoms.